The number of fused-ring (bicyclic) bond motifs is 1. The van der Waals surface area contributed by atoms with Crippen molar-refractivity contribution in [2.24, 2.45) is 0 Å². The van der Waals surface area contributed by atoms with Crippen molar-refractivity contribution in [3.63, 3.8) is 0 Å². The van der Waals surface area contributed by atoms with Crippen molar-refractivity contribution in [3.05, 3.63) is 76.3 Å². The fraction of sp³-hybridized carbons (Fsp3) is 0.211. The first kappa shape index (κ1) is 15.9. The summed E-state index contributed by atoms with van der Waals surface area (Å²) in [7, 11) is 0. The molecule has 0 fully saturated rings. The minimum Gasteiger partial charge on any atom is -0.458 e. The van der Waals surface area contributed by atoms with Gasteiger partial charge in [0.1, 0.15) is 11.9 Å². The largest absolute Gasteiger partial charge is 0.458 e. The fourth-order valence-electron chi connectivity index (χ4n) is 2.52. The maximum absolute atomic E-state index is 12.0. The number of ether oxygens (including phenoxy) is 1. The van der Waals surface area contributed by atoms with Gasteiger partial charge in [-0.1, -0.05) is 42.5 Å². The number of nitrogens with one attached hydrogen (secondary N) is 1. The van der Waals surface area contributed by atoms with Crippen LogP contribution in [0, 0.1) is 0 Å². The van der Waals surface area contributed by atoms with Crippen LogP contribution >= 0.6 is 0 Å². The quantitative estimate of drug-likeness (QED) is 0.732. The third-order valence-electron chi connectivity index (χ3n) is 3.81. The van der Waals surface area contributed by atoms with Crippen LogP contribution in [0.15, 0.2) is 59.4 Å². The van der Waals surface area contributed by atoms with Crippen molar-refractivity contribution in [1.82, 2.24) is 9.97 Å². The summed E-state index contributed by atoms with van der Waals surface area (Å²) < 4.78 is 5.42. The molecule has 3 aromatic rings. The van der Waals surface area contributed by atoms with Gasteiger partial charge >= 0.3 is 5.97 Å². The molecule has 0 bridgehead atoms. The smallest absolute Gasteiger partial charge is 0.306 e. The van der Waals surface area contributed by atoms with Crippen LogP contribution in [0.5, 0.6) is 0 Å². The molecule has 0 radical (unpaired) electrons. The van der Waals surface area contributed by atoms with Crippen LogP contribution < -0.4 is 5.56 Å². The molecule has 0 aliphatic heterocycles. The van der Waals surface area contributed by atoms with Crippen molar-refractivity contribution >= 4 is 16.9 Å². The van der Waals surface area contributed by atoms with Gasteiger partial charge in [0.25, 0.3) is 5.56 Å². The van der Waals surface area contributed by atoms with Crippen molar-refractivity contribution in [3.8, 4) is 0 Å². The molecule has 1 N–H and O–H groups in total. The van der Waals surface area contributed by atoms with Gasteiger partial charge in [-0.3, -0.25) is 9.59 Å². The van der Waals surface area contributed by atoms with Crippen LogP contribution in [0.4, 0.5) is 0 Å². The first-order valence-corrected chi connectivity index (χ1v) is 7.86. The van der Waals surface area contributed by atoms with Crippen LogP contribution in [-0.2, 0) is 16.0 Å². The molecular weight excluding hydrogens is 304 g/mol. The van der Waals surface area contributed by atoms with Crippen molar-refractivity contribution in [2.45, 2.75) is 25.9 Å². The third-order valence-corrected chi connectivity index (χ3v) is 3.81. The second-order valence-corrected chi connectivity index (χ2v) is 5.57. The van der Waals surface area contributed by atoms with Crippen LogP contribution in [0.3, 0.4) is 0 Å². The molecule has 1 heterocycles. The van der Waals surface area contributed by atoms with Gasteiger partial charge in [-0.15, -0.1) is 0 Å². The van der Waals surface area contributed by atoms with Gasteiger partial charge in [-0.05, 0) is 24.6 Å². The van der Waals surface area contributed by atoms with E-state index >= 15 is 0 Å². The number of carbonyl (C=O) groups excluding carboxylic acids is 1. The van der Waals surface area contributed by atoms with Crippen molar-refractivity contribution in [2.75, 3.05) is 0 Å². The van der Waals surface area contributed by atoms with E-state index < -0.39 is 0 Å². The summed E-state index contributed by atoms with van der Waals surface area (Å²) in [4.78, 5) is 31.1. The second kappa shape index (κ2) is 7.08. The highest BCUT2D eigenvalue weighted by atomic mass is 16.5. The molecule has 0 aliphatic rings. The fourth-order valence-corrected chi connectivity index (χ4v) is 2.52. The predicted molar refractivity (Wildman–Crippen MR) is 91.6 cm³/mol. The summed E-state index contributed by atoms with van der Waals surface area (Å²) >= 11 is 0. The Morgan fingerprint density at radius 1 is 1.12 bits per heavy atom. The van der Waals surface area contributed by atoms with E-state index in [0.29, 0.717) is 23.1 Å². The molecule has 5 heteroatoms. The number of aromatic amines is 1. The Labute approximate surface area is 139 Å². The van der Waals surface area contributed by atoms with Gasteiger partial charge in [0.05, 0.1) is 17.3 Å². The lowest BCUT2D eigenvalue weighted by atomic mass is 10.1. The van der Waals surface area contributed by atoms with E-state index in [1.165, 1.54) is 0 Å². The van der Waals surface area contributed by atoms with Crippen LogP contribution in [0.1, 0.15) is 30.8 Å². The zero-order chi connectivity index (χ0) is 16.9. The number of esters is 1. The maximum atomic E-state index is 12.0. The molecule has 1 aromatic heterocycles. The average Bonchev–Trinajstić information content (AvgIpc) is 2.61. The normalized spacial score (nSPS) is 12.0. The Hall–Kier alpha value is -2.95. The molecule has 0 amide bonds. The molecule has 0 spiro atoms. The summed E-state index contributed by atoms with van der Waals surface area (Å²) in [6, 6.07) is 16.7. The Kier molecular flexibility index (Phi) is 4.70. The minimum atomic E-state index is -0.317. The summed E-state index contributed by atoms with van der Waals surface area (Å²) in [6.45, 7) is 1.84. The summed E-state index contributed by atoms with van der Waals surface area (Å²) in [5.41, 5.74) is 1.38. The molecule has 1 unspecified atom stereocenters. The van der Waals surface area contributed by atoms with Gasteiger partial charge in [0.15, 0.2) is 0 Å². The van der Waals surface area contributed by atoms with Crippen LogP contribution in [-0.4, -0.2) is 15.9 Å². The highest BCUT2D eigenvalue weighted by Crippen LogP contribution is 2.17. The number of nitrogens with zero attached hydrogens (tertiary/aromatic N) is 1. The Morgan fingerprint density at radius 3 is 2.62 bits per heavy atom. The molecule has 3 rings (SSSR count). The molecule has 1 atom stereocenters. The standard InChI is InChI=1S/C19H18N2O3/c1-13(14-7-3-2-4-8-14)24-18(22)12-11-17-20-16-10-6-5-9-15(16)19(23)21-17/h2-10,13H,11-12H2,1H3,(H,20,21,23). The minimum absolute atomic E-state index is 0.165. The van der Waals surface area contributed by atoms with Gasteiger partial charge in [0.2, 0.25) is 0 Å². The molecule has 0 aliphatic carbocycles. The highest BCUT2D eigenvalue weighted by molar-refractivity contribution is 5.77. The Balaban J connectivity index is 1.63. The first-order chi connectivity index (χ1) is 11.6. The average molecular weight is 322 g/mol. The van der Waals surface area contributed by atoms with E-state index in [0.717, 1.165) is 5.56 Å². The van der Waals surface area contributed by atoms with E-state index in [1.807, 2.05) is 43.3 Å². The molecule has 0 saturated heterocycles. The van der Waals surface area contributed by atoms with E-state index in [4.69, 9.17) is 4.74 Å². The topological polar surface area (TPSA) is 72.0 Å². The molecular formula is C19H18N2O3. The third kappa shape index (κ3) is 3.68. The summed E-state index contributed by atoms with van der Waals surface area (Å²) in [5, 5.41) is 0.543. The van der Waals surface area contributed by atoms with Crippen LogP contribution in [0.25, 0.3) is 10.9 Å². The highest BCUT2D eigenvalue weighted by Gasteiger charge is 2.12. The van der Waals surface area contributed by atoms with E-state index in [1.54, 1.807) is 18.2 Å². The number of rotatable bonds is 5. The van der Waals surface area contributed by atoms with Gasteiger partial charge in [-0.2, -0.15) is 0 Å². The Bertz CT molecular complexity index is 903. The SMILES string of the molecule is CC(OC(=O)CCc1nc2ccccc2c(=O)[nH]1)c1ccccc1. The molecule has 122 valence electrons. The monoisotopic (exact) mass is 322 g/mol. The van der Waals surface area contributed by atoms with E-state index in [-0.39, 0.29) is 24.1 Å². The first-order valence-electron chi connectivity index (χ1n) is 7.86. The maximum Gasteiger partial charge on any atom is 0.306 e. The van der Waals surface area contributed by atoms with Crippen molar-refractivity contribution in [1.29, 1.82) is 0 Å². The lowest BCUT2D eigenvalue weighted by Gasteiger charge is -2.13. The lowest BCUT2D eigenvalue weighted by molar-refractivity contribution is -0.148. The number of benzene rings is 2. The van der Waals surface area contributed by atoms with Gasteiger partial charge in [0, 0.05) is 6.42 Å². The number of carbonyl (C=O) groups is 1. The zero-order valence-corrected chi connectivity index (χ0v) is 13.4. The molecule has 0 saturated carbocycles. The number of H-pyrrole nitrogens is 1. The lowest BCUT2D eigenvalue weighted by Crippen LogP contribution is -2.14. The van der Waals surface area contributed by atoms with Gasteiger partial charge in [-0.25, -0.2) is 4.98 Å². The van der Waals surface area contributed by atoms with Crippen molar-refractivity contribution < 1.29 is 9.53 Å². The summed E-state index contributed by atoms with van der Waals surface area (Å²) in [6.07, 6.45) is 0.195. The van der Waals surface area contributed by atoms with E-state index in [9.17, 15) is 9.59 Å². The van der Waals surface area contributed by atoms with Gasteiger partial charge < -0.3 is 9.72 Å². The number of hydrogen-bond acceptors (Lipinski definition) is 4. The number of para-hydroxylation sites is 1. The number of hydrogen-bond donors (Lipinski definition) is 1. The number of aromatic nitrogens is 2. The number of aryl methyl sites for hydroxylation is 1. The Morgan fingerprint density at radius 2 is 1.83 bits per heavy atom. The summed E-state index contributed by atoms with van der Waals surface area (Å²) in [5.74, 6) is 0.171. The van der Waals surface area contributed by atoms with Crippen LogP contribution in [0.2, 0.25) is 0 Å². The second-order valence-electron chi connectivity index (χ2n) is 5.57. The van der Waals surface area contributed by atoms with E-state index in [2.05, 4.69) is 9.97 Å². The predicted octanol–water partition coefficient (Wildman–Crippen LogP) is 3.16. The zero-order valence-electron chi connectivity index (χ0n) is 13.4. The molecule has 5 nitrogen and oxygen atoms in total. The molecule has 2 aromatic carbocycles. The molecule has 24 heavy (non-hydrogen) atoms.